The average molecular weight is 370 g/mol. The van der Waals surface area contributed by atoms with Gasteiger partial charge in [0.1, 0.15) is 12.4 Å². The molecule has 2 atom stereocenters. The molecule has 0 saturated carbocycles. The molecule has 27 heavy (non-hydrogen) atoms. The maximum Gasteiger partial charge on any atom is 0.165 e. The number of rotatable bonds is 8. The first-order valence-electron chi connectivity index (χ1n) is 9.44. The van der Waals surface area contributed by atoms with Crippen molar-refractivity contribution >= 4 is 0 Å². The van der Waals surface area contributed by atoms with Gasteiger partial charge >= 0.3 is 0 Å². The van der Waals surface area contributed by atoms with Gasteiger partial charge in [0.05, 0.1) is 13.2 Å². The lowest BCUT2D eigenvalue weighted by Gasteiger charge is -2.23. The standard InChI is InChI=1S/C23H27FO3/c1-17-3-12-23(22(24)15-17)27-16-18-4-6-19(7-5-18)20-8-10-21(11-9-20)26-14-13-25-2/h3-4,6,8-12,15,18-19H,5,7,13-14,16H2,1-2H3. The van der Waals surface area contributed by atoms with Crippen LogP contribution in [0.5, 0.6) is 11.5 Å². The van der Waals surface area contributed by atoms with Gasteiger partial charge < -0.3 is 14.2 Å². The Morgan fingerprint density at radius 1 is 0.963 bits per heavy atom. The number of ether oxygens (including phenoxy) is 3. The number of halogens is 1. The Morgan fingerprint density at radius 2 is 1.78 bits per heavy atom. The van der Waals surface area contributed by atoms with E-state index >= 15 is 0 Å². The van der Waals surface area contributed by atoms with E-state index in [0.717, 1.165) is 24.2 Å². The summed E-state index contributed by atoms with van der Waals surface area (Å²) in [6, 6.07) is 13.3. The minimum absolute atomic E-state index is 0.291. The molecule has 0 heterocycles. The van der Waals surface area contributed by atoms with Crippen LogP contribution in [0.15, 0.2) is 54.6 Å². The molecule has 0 amide bonds. The summed E-state index contributed by atoms with van der Waals surface area (Å²) < 4.78 is 30.1. The second kappa shape index (κ2) is 9.56. The van der Waals surface area contributed by atoms with Crippen LogP contribution in [0.2, 0.25) is 0 Å². The highest BCUT2D eigenvalue weighted by Gasteiger charge is 2.18. The summed E-state index contributed by atoms with van der Waals surface area (Å²) in [4.78, 5) is 0. The van der Waals surface area contributed by atoms with Crippen molar-refractivity contribution in [1.82, 2.24) is 0 Å². The quantitative estimate of drug-likeness (QED) is 0.467. The highest BCUT2D eigenvalue weighted by atomic mass is 19.1. The molecule has 3 rings (SSSR count). The number of methoxy groups -OCH3 is 1. The van der Waals surface area contributed by atoms with Crippen molar-refractivity contribution in [2.45, 2.75) is 25.7 Å². The van der Waals surface area contributed by atoms with E-state index in [9.17, 15) is 4.39 Å². The molecule has 0 spiro atoms. The van der Waals surface area contributed by atoms with Gasteiger partial charge in [-0.2, -0.15) is 0 Å². The first-order chi connectivity index (χ1) is 13.2. The molecule has 4 heteroatoms. The summed E-state index contributed by atoms with van der Waals surface area (Å²) in [6.45, 7) is 3.52. The Hall–Kier alpha value is -2.33. The molecule has 0 bridgehead atoms. The summed E-state index contributed by atoms with van der Waals surface area (Å²) in [6.07, 6.45) is 6.53. The van der Waals surface area contributed by atoms with Crippen LogP contribution in [-0.4, -0.2) is 26.9 Å². The van der Waals surface area contributed by atoms with E-state index in [4.69, 9.17) is 14.2 Å². The smallest absolute Gasteiger partial charge is 0.165 e. The van der Waals surface area contributed by atoms with E-state index in [2.05, 4.69) is 24.3 Å². The zero-order valence-electron chi connectivity index (χ0n) is 16.0. The van der Waals surface area contributed by atoms with Crippen LogP contribution in [0.25, 0.3) is 0 Å². The maximum absolute atomic E-state index is 13.9. The molecular formula is C23H27FO3. The van der Waals surface area contributed by atoms with Gasteiger partial charge in [0.2, 0.25) is 0 Å². The number of allylic oxidation sites excluding steroid dienone is 1. The minimum Gasteiger partial charge on any atom is -0.491 e. The van der Waals surface area contributed by atoms with Crippen LogP contribution in [0, 0.1) is 18.7 Å². The van der Waals surface area contributed by atoms with Crippen LogP contribution in [0.1, 0.15) is 29.9 Å². The van der Waals surface area contributed by atoms with Crippen molar-refractivity contribution in [3.05, 3.63) is 71.6 Å². The van der Waals surface area contributed by atoms with Crippen LogP contribution in [0.3, 0.4) is 0 Å². The molecule has 2 unspecified atom stereocenters. The van der Waals surface area contributed by atoms with E-state index in [1.54, 1.807) is 13.2 Å². The van der Waals surface area contributed by atoms with Crippen molar-refractivity contribution in [3.8, 4) is 11.5 Å². The molecule has 2 aromatic rings. The second-order valence-electron chi connectivity index (χ2n) is 6.98. The molecule has 1 aliphatic rings. The van der Waals surface area contributed by atoms with E-state index in [-0.39, 0.29) is 5.82 Å². The molecule has 0 fully saturated rings. The summed E-state index contributed by atoms with van der Waals surface area (Å²) in [5.74, 6) is 1.63. The fourth-order valence-electron chi connectivity index (χ4n) is 3.27. The summed E-state index contributed by atoms with van der Waals surface area (Å²) in [5, 5.41) is 0. The largest absolute Gasteiger partial charge is 0.491 e. The normalized spacial score (nSPS) is 19.1. The Labute approximate surface area is 160 Å². The average Bonchev–Trinajstić information content (AvgIpc) is 2.69. The van der Waals surface area contributed by atoms with E-state index in [1.807, 2.05) is 25.1 Å². The topological polar surface area (TPSA) is 27.7 Å². The van der Waals surface area contributed by atoms with Crippen molar-refractivity contribution in [3.63, 3.8) is 0 Å². The first kappa shape index (κ1) is 19.4. The molecule has 144 valence electrons. The first-order valence-corrected chi connectivity index (χ1v) is 9.44. The molecule has 0 radical (unpaired) electrons. The maximum atomic E-state index is 13.9. The molecule has 0 aromatic heterocycles. The fourth-order valence-corrected chi connectivity index (χ4v) is 3.27. The second-order valence-corrected chi connectivity index (χ2v) is 6.98. The van der Waals surface area contributed by atoms with Gasteiger partial charge in [-0.25, -0.2) is 4.39 Å². The van der Waals surface area contributed by atoms with Crippen LogP contribution >= 0.6 is 0 Å². The number of hydrogen-bond acceptors (Lipinski definition) is 3. The van der Waals surface area contributed by atoms with Crippen LogP contribution in [0.4, 0.5) is 4.39 Å². The molecule has 0 N–H and O–H groups in total. The van der Waals surface area contributed by atoms with Gasteiger partial charge in [0.15, 0.2) is 11.6 Å². The van der Waals surface area contributed by atoms with Gasteiger partial charge in [0.25, 0.3) is 0 Å². The van der Waals surface area contributed by atoms with Crippen molar-refractivity contribution in [2.75, 3.05) is 26.9 Å². The third kappa shape index (κ3) is 5.57. The third-order valence-electron chi connectivity index (χ3n) is 4.87. The Morgan fingerprint density at radius 3 is 2.44 bits per heavy atom. The fraction of sp³-hybridized carbons (Fsp3) is 0.391. The predicted octanol–water partition coefficient (Wildman–Crippen LogP) is 5.29. The Kier molecular flexibility index (Phi) is 6.88. The Balaban J connectivity index is 1.50. The van der Waals surface area contributed by atoms with Crippen molar-refractivity contribution in [1.29, 1.82) is 0 Å². The van der Waals surface area contributed by atoms with Crippen molar-refractivity contribution < 1.29 is 18.6 Å². The predicted molar refractivity (Wildman–Crippen MR) is 105 cm³/mol. The van der Waals surface area contributed by atoms with Gasteiger partial charge in [0, 0.05) is 18.9 Å². The minimum atomic E-state index is -0.291. The van der Waals surface area contributed by atoms with Gasteiger partial charge in [-0.05, 0) is 55.2 Å². The van der Waals surface area contributed by atoms with Gasteiger partial charge in [-0.3, -0.25) is 0 Å². The molecule has 2 aromatic carbocycles. The lowest BCUT2D eigenvalue weighted by atomic mass is 9.85. The SMILES string of the molecule is COCCOc1ccc(C2C=CC(COc3ccc(C)cc3F)CC2)cc1. The van der Waals surface area contributed by atoms with E-state index < -0.39 is 0 Å². The number of aryl methyl sites for hydroxylation is 1. The van der Waals surface area contributed by atoms with Crippen molar-refractivity contribution in [2.24, 2.45) is 5.92 Å². The highest BCUT2D eigenvalue weighted by Crippen LogP contribution is 2.32. The Bertz CT molecular complexity index is 755. The molecular weight excluding hydrogens is 343 g/mol. The molecule has 0 saturated heterocycles. The van der Waals surface area contributed by atoms with E-state index in [0.29, 0.717) is 37.4 Å². The molecule has 0 aliphatic heterocycles. The van der Waals surface area contributed by atoms with Crippen LogP contribution < -0.4 is 9.47 Å². The highest BCUT2D eigenvalue weighted by molar-refractivity contribution is 5.32. The zero-order valence-corrected chi connectivity index (χ0v) is 16.0. The zero-order chi connectivity index (χ0) is 19.1. The van der Waals surface area contributed by atoms with Gasteiger partial charge in [-0.15, -0.1) is 0 Å². The monoisotopic (exact) mass is 370 g/mol. The number of benzene rings is 2. The molecule has 3 nitrogen and oxygen atoms in total. The summed E-state index contributed by atoms with van der Waals surface area (Å²) in [7, 11) is 1.66. The number of hydrogen-bond donors (Lipinski definition) is 0. The lowest BCUT2D eigenvalue weighted by Crippen LogP contribution is -2.15. The molecule has 1 aliphatic carbocycles. The van der Waals surface area contributed by atoms with Crippen LogP contribution in [-0.2, 0) is 4.74 Å². The third-order valence-corrected chi connectivity index (χ3v) is 4.87. The summed E-state index contributed by atoms with van der Waals surface area (Å²) >= 11 is 0. The van der Waals surface area contributed by atoms with E-state index in [1.165, 1.54) is 11.6 Å². The van der Waals surface area contributed by atoms with Gasteiger partial charge in [-0.1, -0.05) is 30.4 Å². The lowest BCUT2D eigenvalue weighted by molar-refractivity contribution is 0.146. The summed E-state index contributed by atoms with van der Waals surface area (Å²) in [5.41, 5.74) is 2.18.